The fourth-order valence-corrected chi connectivity index (χ4v) is 4.57. The molecule has 1 aromatic rings. The van der Waals surface area contributed by atoms with E-state index in [-0.39, 0.29) is 17.6 Å². The minimum Gasteiger partial charge on any atom is -0.396 e. The second kappa shape index (κ2) is 9.88. The van der Waals surface area contributed by atoms with Gasteiger partial charge in [0, 0.05) is 31.8 Å². The summed E-state index contributed by atoms with van der Waals surface area (Å²) in [7, 11) is -1.83. The first-order chi connectivity index (χ1) is 11.9. The van der Waals surface area contributed by atoms with E-state index >= 15 is 0 Å². The van der Waals surface area contributed by atoms with E-state index in [1.165, 1.54) is 4.31 Å². The van der Waals surface area contributed by atoms with Gasteiger partial charge in [0.2, 0.25) is 10.0 Å². The van der Waals surface area contributed by atoms with Crippen molar-refractivity contribution < 1.29 is 18.3 Å². The maximum Gasteiger partial charge on any atom is 0.242 e. The number of hydrogen-bond donors (Lipinski definition) is 1. The van der Waals surface area contributed by atoms with Crippen LogP contribution in [0.3, 0.4) is 0 Å². The van der Waals surface area contributed by atoms with Crippen molar-refractivity contribution in [1.82, 2.24) is 4.31 Å². The number of benzene rings is 1. The molecule has 0 amide bonds. The van der Waals surface area contributed by atoms with Crippen molar-refractivity contribution in [3.8, 4) is 0 Å². The van der Waals surface area contributed by atoms with Crippen LogP contribution in [0.15, 0.2) is 29.2 Å². The average Bonchev–Trinajstić information content (AvgIpc) is 2.60. The molecule has 142 valence electrons. The van der Waals surface area contributed by atoms with E-state index in [1.54, 1.807) is 31.3 Å². The Morgan fingerprint density at radius 3 is 2.40 bits per heavy atom. The van der Waals surface area contributed by atoms with Gasteiger partial charge in [0.15, 0.2) is 0 Å². The van der Waals surface area contributed by atoms with Crippen LogP contribution < -0.4 is 0 Å². The zero-order valence-electron chi connectivity index (χ0n) is 14.7. The van der Waals surface area contributed by atoms with Crippen molar-refractivity contribution in [2.24, 2.45) is 5.92 Å². The van der Waals surface area contributed by atoms with Gasteiger partial charge in [-0.15, -0.1) is 0 Å². The zero-order valence-corrected chi connectivity index (χ0v) is 16.3. The Hall–Kier alpha value is -0.660. The largest absolute Gasteiger partial charge is 0.396 e. The molecule has 0 aliphatic heterocycles. The van der Waals surface area contributed by atoms with Gasteiger partial charge in [-0.05, 0) is 68.7 Å². The van der Waals surface area contributed by atoms with Crippen molar-refractivity contribution in [1.29, 1.82) is 0 Å². The SMILES string of the molecule is CN(C[C@H]1CC[C@H](OCCCCO)CC1)S(=O)(=O)c1ccc(Cl)cc1. The Morgan fingerprint density at radius 1 is 1.16 bits per heavy atom. The molecule has 0 saturated heterocycles. The third-order valence-corrected chi connectivity index (χ3v) is 6.83. The highest BCUT2D eigenvalue weighted by atomic mass is 35.5. The first kappa shape index (κ1) is 20.6. The van der Waals surface area contributed by atoms with E-state index in [0.29, 0.717) is 24.1 Å². The molecule has 1 N–H and O–H groups in total. The topological polar surface area (TPSA) is 66.8 Å². The fourth-order valence-electron chi connectivity index (χ4n) is 3.19. The summed E-state index contributed by atoms with van der Waals surface area (Å²) < 4.78 is 32.5. The molecular weight excluding hydrogens is 362 g/mol. The highest BCUT2D eigenvalue weighted by molar-refractivity contribution is 7.89. The highest BCUT2D eigenvalue weighted by Crippen LogP contribution is 2.28. The third kappa shape index (κ3) is 6.22. The number of aliphatic hydroxyl groups is 1. The summed E-state index contributed by atoms with van der Waals surface area (Å²) in [6.07, 6.45) is 5.84. The Bertz CT molecular complexity index is 612. The van der Waals surface area contributed by atoms with Crippen molar-refractivity contribution in [2.75, 3.05) is 26.8 Å². The Balaban J connectivity index is 1.79. The molecule has 1 aromatic carbocycles. The fraction of sp³-hybridized carbons (Fsp3) is 0.667. The summed E-state index contributed by atoms with van der Waals surface area (Å²) in [5, 5.41) is 9.29. The van der Waals surface area contributed by atoms with E-state index in [0.717, 1.165) is 38.5 Å². The maximum atomic E-state index is 12.6. The molecule has 0 atom stereocenters. The van der Waals surface area contributed by atoms with E-state index in [4.69, 9.17) is 21.4 Å². The van der Waals surface area contributed by atoms with Gasteiger partial charge >= 0.3 is 0 Å². The number of aliphatic hydroxyl groups excluding tert-OH is 1. The summed E-state index contributed by atoms with van der Waals surface area (Å²) >= 11 is 5.83. The minimum absolute atomic E-state index is 0.213. The lowest BCUT2D eigenvalue weighted by atomic mass is 9.87. The molecule has 0 aromatic heterocycles. The molecule has 1 saturated carbocycles. The first-order valence-electron chi connectivity index (χ1n) is 8.88. The van der Waals surface area contributed by atoms with Crippen molar-refractivity contribution in [2.45, 2.75) is 49.5 Å². The maximum absolute atomic E-state index is 12.6. The smallest absolute Gasteiger partial charge is 0.242 e. The van der Waals surface area contributed by atoms with Gasteiger partial charge in [-0.3, -0.25) is 0 Å². The quantitative estimate of drug-likeness (QED) is 0.658. The molecule has 0 unspecified atom stereocenters. The Morgan fingerprint density at radius 2 is 1.80 bits per heavy atom. The predicted molar refractivity (Wildman–Crippen MR) is 99.3 cm³/mol. The molecule has 0 heterocycles. The van der Waals surface area contributed by atoms with Gasteiger partial charge in [-0.25, -0.2) is 12.7 Å². The highest BCUT2D eigenvalue weighted by Gasteiger charge is 2.27. The van der Waals surface area contributed by atoms with Gasteiger partial charge in [-0.1, -0.05) is 11.6 Å². The van der Waals surface area contributed by atoms with Crippen LogP contribution in [0, 0.1) is 5.92 Å². The summed E-state index contributed by atoms with van der Waals surface area (Å²) in [5.41, 5.74) is 0. The van der Waals surface area contributed by atoms with Crippen LogP contribution in [0.4, 0.5) is 0 Å². The van der Waals surface area contributed by atoms with Crippen LogP contribution in [0.25, 0.3) is 0 Å². The van der Waals surface area contributed by atoms with E-state index < -0.39 is 10.0 Å². The van der Waals surface area contributed by atoms with Crippen LogP contribution in [-0.2, 0) is 14.8 Å². The number of hydrogen-bond acceptors (Lipinski definition) is 4. The van der Waals surface area contributed by atoms with Gasteiger partial charge in [0.1, 0.15) is 0 Å². The van der Waals surface area contributed by atoms with Gasteiger partial charge in [0.25, 0.3) is 0 Å². The molecular formula is C18H28ClNO4S. The van der Waals surface area contributed by atoms with E-state index in [1.807, 2.05) is 0 Å². The van der Waals surface area contributed by atoms with Gasteiger partial charge in [0.05, 0.1) is 11.0 Å². The number of unbranched alkanes of at least 4 members (excludes halogenated alkanes) is 1. The molecule has 25 heavy (non-hydrogen) atoms. The molecule has 7 heteroatoms. The van der Waals surface area contributed by atoms with E-state index in [9.17, 15) is 8.42 Å². The van der Waals surface area contributed by atoms with Crippen LogP contribution >= 0.6 is 11.6 Å². The van der Waals surface area contributed by atoms with Crippen LogP contribution in [-0.4, -0.2) is 50.7 Å². The first-order valence-corrected chi connectivity index (χ1v) is 10.7. The van der Waals surface area contributed by atoms with Crippen LogP contribution in [0.5, 0.6) is 0 Å². The normalized spacial score (nSPS) is 21.6. The summed E-state index contributed by atoms with van der Waals surface area (Å²) in [4.78, 5) is 0.278. The molecule has 0 bridgehead atoms. The molecule has 0 radical (unpaired) electrons. The molecule has 5 nitrogen and oxygen atoms in total. The summed E-state index contributed by atoms with van der Waals surface area (Å²) in [6, 6.07) is 6.29. The second-order valence-electron chi connectivity index (χ2n) is 6.68. The molecule has 2 rings (SSSR count). The second-order valence-corrected chi connectivity index (χ2v) is 9.17. The van der Waals surface area contributed by atoms with Crippen LogP contribution in [0.1, 0.15) is 38.5 Å². The Kier molecular flexibility index (Phi) is 8.16. The third-order valence-electron chi connectivity index (χ3n) is 4.74. The number of ether oxygens (including phenoxy) is 1. The monoisotopic (exact) mass is 389 g/mol. The summed E-state index contributed by atoms with van der Waals surface area (Å²) in [5.74, 6) is 0.365. The van der Waals surface area contributed by atoms with Crippen molar-refractivity contribution in [3.63, 3.8) is 0 Å². The van der Waals surface area contributed by atoms with Gasteiger partial charge in [-0.2, -0.15) is 0 Å². The Labute approximate surface area is 156 Å². The average molecular weight is 390 g/mol. The number of rotatable bonds is 9. The van der Waals surface area contributed by atoms with Gasteiger partial charge < -0.3 is 9.84 Å². The lowest BCUT2D eigenvalue weighted by Crippen LogP contribution is -2.34. The lowest BCUT2D eigenvalue weighted by Gasteiger charge is -2.31. The molecule has 0 spiro atoms. The zero-order chi connectivity index (χ0) is 18.3. The summed E-state index contributed by atoms with van der Waals surface area (Å²) in [6.45, 7) is 1.44. The number of halogens is 1. The minimum atomic E-state index is -3.47. The lowest BCUT2D eigenvalue weighted by molar-refractivity contribution is 0.0137. The molecule has 1 aliphatic rings. The standard InChI is InChI=1S/C18H28ClNO4S/c1-20(25(22,23)18-10-6-16(19)7-11-18)14-15-4-8-17(9-5-15)24-13-3-2-12-21/h6-7,10-11,15,17,21H,2-5,8-9,12-14H2,1H3/t15-,17-. The molecule has 1 fully saturated rings. The van der Waals surface area contributed by atoms with Crippen LogP contribution in [0.2, 0.25) is 5.02 Å². The number of nitrogens with zero attached hydrogens (tertiary/aromatic N) is 1. The number of sulfonamides is 1. The molecule has 1 aliphatic carbocycles. The van der Waals surface area contributed by atoms with Crippen molar-refractivity contribution >= 4 is 21.6 Å². The predicted octanol–water partition coefficient (Wildman–Crippen LogP) is 3.31. The van der Waals surface area contributed by atoms with E-state index in [2.05, 4.69) is 0 Å². The van der Waals surface area contributed by atoms with Crippen molar-refractivity contribution in [3.05, 3.63) is 29.3 Å².